The number of anilines is 1. The van der Waals surface area contributed by atoms with E-state index in [1.165, 1.54) is 11.1 Å². The number of rotatable bonds is 7. The quantitative estimate of drug-likeness (QED) is 0.618. The van der Waals surface area contributed by atoms with E-state index in [0.717, 1.165) is 50.0 Å². The molecule has 6 heteroatoms. The highest BCUT2D eigenvalue weighted by Gasteiger charge is 2.42. The zero-order chi connectivity index (χ0) is 23.6. The summed E-state index contributed by atoms with van der Waals surface area (Å²) in [4.78, 5) is 31.7. The van der Waals surface area contributed by atoms with Crippen molar-refractivity contribution < 1.29 is 14.3 Å². The molecular weight excluding hydrogens is 402 g/mol. The van der Waals surface area contributed by atoms with E-state index in [0.29, 0.717) is 19.0 Å². The summed E-state index contributed by atoms with van der Waals surface area (Å²) in [5, 5.41) is 0. The molecule has 0 unspecified atom stereocenters. The van der Waals surface area contributed by atoms with Crippen LogP contribution in [0, 0.1) is 0 Å². The molecule has 3 rings (SSSR count). The second-order valence-corrected chi connectivity index (χ2v) is 10.5. The minimum Gasteiger partial charge on any atom is -0.443 e. The van der Waals surface area contributed by atoms with Crippen molar-refractivity contribution in [3.63, 3.8) is 0 Å². The lowest BCUT2D eigenvalue weighted by atomic mass is 9.78. The number of hydrogen-bond acceptors (Lipinski definition) is 4. The van der Waals surface area contributed by atoms with Gasteiger partial charge in [-0.1, -0.05) is 19.9 Å². The van der Waals surface area contributed by atoms with E-state index < -0.39 is 5.60 Å². The van der Waals surface area contributed by atoms with E-state index >= 15 is 0 Å². The van der Waals surface area contributed by atoms with Crippen LogP contribution >= 0.6 is 0 Å². The first-order valence-corrected chi connectivity index (χ1v) is 12.1. The van der Waals surface area contributed by atoms with Gasteiger partial charge >= 0.3 is 6.09 Å². The molecule has 0 saturated carbocycles. The molecule has 1 heterocycles. The molecule has 1 aliphatic carbocycles. The van der Waals surface area contributed by atoms with Crippen molar-refractivity contribution in [2.24, 2.45) is 0 Å². The van der Waals surface area contributed by atoms with Crippen molar-refractivity contribution in [1.29, 1.82) is 0 Å². The molecule has 32 heavy (non-hydrogen) atoms. The smallest absolute Gasteiger partial charge is 0.414 e. The highest BCUT2D eigenvalue weighted by Crippen LogP contribution is 2.47. The molecule has 0 bridgehead atoms. The van der Waals surface area contributed by atoms with Gasteiger partial charge in [-0.3, -0.25) is 9.69 Å². The molecule has 1 aromatic carbocycles. The second-order valence-electron chi connectivity index (χ2n) is 10.5. The van der Waals surface area contributed by atoms with Gasteiger partial charge in [0.1, 0.15) is 5.60 Å². The van der Waals surface area contributed by atoms with Gasteiger partial charge in [0.15, 0.2) is 0 Å². The predicted octanol–water partition coefficient (Wildman–Crippen LogP) is 4.59. The largest absolute Gasteiger partial charge is 0.443 e. The Bertz CT molecular complexity index is 837. The first kappa shape index (κ1) is 24.6. The van der Waals surface area contributed by atoms with Crippen molar-refractivity contribution in [2.45, 2.75) is 84.3 Å². The second kappa shape index (κ2) is 9.82. The van der Waals surface area contributed by atoms with Gasteiger partial charge in [-0.25, -0.2) is 4.79 Å². The molecule has 0 N–H and O–H groups in total. The molecule has 1 aliphatic heterocycles. The number of amides is 2. The van der Waals surface area contributed by atoms with Gasteiger partial charge in [0.25, 0.3) is 0 Å². The molecular formula is C26H41N3O3. The highest BCUT2D eigenvalue weighted by molar-refractivity contribution is 5.92. The average molecular weight is 444 g/mol. The Labute approximate surface area is 193 Å². The molecule has 2 amide bonds. The number of likely N-dealkylation sites (N-methyl/N-ethyl adjacent to an activating group) is 1. The van der Waals surface area contributed by atoms with Gasteiger partial charge in [-0.15, -0.1) is 0 Å². The number of carbonyl (C=O) groups is 2. The highest BCUT2D eigenvalue weighted by atomic mass is 16.6. The minimum absolute atomic E-state index is 0.112. The summed E-state index contributed by atoms with van der Waals surface area (Å²) in [7, 11) is 3.61. The summed E-state index contributed by atoms with van der Waals surface area (Å²) >= 11 is 0. The van der Waals surface area contributed by atoms with Crippen molar-refractivity contribution in [3.8, 4) is 0 Å². The molecule has 0 radical (unpaired) electrons. The molecule has 6 nitrogen and oxygen atoms in total. The third kappa shape index (κ3) is 5.28. The Morgan fingerprint density at radius 3 is 2.34 bits per heavy atom. The third-order valence-corrected chi connectivity index (χ3v) is 6.52. The zero-order valence-electron chi connectivity index (χ0n) is 21.0. The summed E-state index contributed by atoms with van der Waals surface area (Å²) in [5.74, 6) is 0.401. The number of hydrogen-bond donors (Lipinski definition) is 0. The van der Waals surface area contributed by atoms with Gasteiger partial charge < -0.3 is 14.5 Å². The van der Waals surface area contributed by atoms with Crippen LogP contribution in [0.4, 0.5) is 10.5 Å². The van der Waals surface area contributed by atoms with E-state index in [1.807, 2.05) is 31.7 Å². The SMILES string of the molecule is CCCN(CCC)[C@H]1Cc2c(CC(=O)N(C)C)ccc3c2[C@H](C1)CN3C(=O)OC(C)(C)C. The maximum Gasteiger partial charge on any atom is 0.414 e. The zero-order valence-corrected chi connectivity index (χ0v) is 21.0. The van der Waals surface area contributed by atoms with Crippen molar-refractivity contribution in [3.05, 3.63) is 28.8 Å². The Morgan fingerprint density at radius 2 is 1.78 bits per heavy atom. The monoisotopic (exact) mass is 443 g/mol. The van der Waals surface area contributed by atoms with Crippen LogP contribution in [0.25, 0.3) is 0 Å². The fraction of sp³-hybridized carbons (Fsp3) is 0.692. The van der Waals surface area contributed by atoms with E-state index in [-0.39, 0.29) is 17.9 Å². The molecule has 2 atom stereocenters. The minimum atomic E-state index is -0.530. The molecule has 0 spiro atoms. The van der Waals surface area contributed by atoms with Crippen molar-refractivity contribution in [1.82, 2.24) is 9.80 Å². The Morgan fingerprint density at radius 1 is 1.12 bits per heavy atom. The normalized spacial score (nSPS) is 19.8. The topological polar surface area (TPSA) is 53.1 Å². The van der Waals surface area contributed by atoms with Gasteiger partial charge in [-0.2, -0.15) is 0 Å². The van der Waals surface area contributed by atoms with Crippen LogP contribution in [0.1, 0.15) is 76.5 Å². The van der Waals surface area contributed by atoms with Gasteiger partial charge in [-0.05, 0) is 82.3 Å². The molecule has 1 aromatic rings. The molecule has 178 valence electrons. The van der Waals surface area contributed by atoms with E-state index in [4.69, 9.17) is 4.74 Å². The Balaban J connectivity index is 1.99. The fourth-order valence-corrected chi connectivity index (χ4v) is 5.19. The molecule has 0 fully saturated rings. The number of benzene rings is 1. The summed E-state index contributed by atoms with van der Waals surface area (Å²) < 4.78 is 5.73. The van der Waals surface area contributed by atoms with Crippen LogP contribution in [0.2, 0.25) is 0 Å². The lowest BCUT2D eigenvalue weighted by Crippen LogP contribution is -2.42. The third-order valence-electron chi connectivity index (χ3n) is 6.52. The molecule has 2 aliphatic rings. The lowest BCUT2D eigenvalue weighted by molar-refractivity contribution is -0.127. The molecule has 0 saturated heterocycles. The Kier molecular flexibility index (Phi) is 7.53. The first-order valence-electron chi connectivity index (χ1n) is 12.1. The number of ether oxygens (including phenoxy) is 1. The summed E-state index contributed by atoms with van der Waals surface area (Å²) in [6, 6.07) is 4.52. The standard InChI is InChI=1S/C26H41N3O3/c1-8-12-28(13-9-2)20-14-19-17-29(25(31)32-26(3,4)5)22-11-10-18(15-23(30)27(6)7)21(16-20)24(19)22/h10-11,19-20H,8-9,12-17H2,1-7H3/t19-,20-/m1/s1. The number of nitrogens with zero attached hydrogens (tertiary/aromatic N) is 3. The van der Waals surface area contributed by atoms with Crippen molar-refractivity contribution >= 4 is 17.7 Å². The van der Waals surface area contributed by atoms with E-state index in [2.05, 4.69) is 24.8 Å². The van der Waals surface area contributed by atoms with E-state index in [1.54, 1.807) is 19.0 Å². The summed E-state index contributed by atoms with van der Waals surface area (Å²) in [5.41, 5.74) is 4.09. The fourth-order valence-electron chi connectivity index (χ4n) is 5.19. The Hall–Kier alpha value is -2.08. The van der Waals surface area contributed by atoms with Gasteiger partial charge in [0.05, 0.1) is 12.1 Å². The number of carbonyl (C=O) groups excluding carboxylic acids is 2. The average Bonchev–Trinajstić information content (AvgIpc) is 3.08. The predicted molar refractivity (Wildman–Crippen MR) is 129 cm³/mol. The van der Waals surface area contributed by atoms with Gasteiger partial charge in [0, 0.05) is 32.6 Å². The maximum absolute atomic E-state index is 13.0. The van der Waals surface area contributed by atoms with E-state index in [9.17, 15) is 9.59 Å². The van der Waals surface area contributed by atoms with Crippen LogP contribution < -0.4 is 4.90 Å². The van der Waals surface area contributed by atoms with Crippen LogP contribution in [-0.4, -0.2) is 67.2 Å². The summed E-state index contributed by atoms with van der Waals surface area (Å²) in [6.07, 6.45) is 4.38. The lowest BCUT2D eigenvalue weighted by Gasteiger charge is -2.38. The van der Waals surface area contributed by atoms with Crippen LogP contribution in [0.15, 0.2) is 12.1 Å². The van der Waals surface area contributed by atoms with Crippen molar-refractivity contribution in [2.75, 3.05) is 38.6 Å². The van der Waals surface area contributed by atoms with Crippen LogP contribution in [-0.2, 0) is 22.4 Å². The van der Waals surface area contributed by atoms with Crippen LogP contribution in [0.3, 0.4) is 0 Å². The maximum atomic E-state index is 13.0. The van der Waals surface area contributed by atoms with Gasteiger partial charge in [0.2, 0.25) is 5.91 Å². The molecule has 0 aromatic heterocycles. The van der Waals surface area contributed by atoms with Crippen LogP contribution in [0.5, 0.6) is 0 Å². The summed E-state index contributed by atoms with van der Waals surface area (Å²) in [6.45, 7) is 13.0. The first-order chi connectivity index (χ1) is 15.1.